The summed E-state index contributed by atoms with van der Waals surface area (Å²) in [5, 5.41) is 25.2. The van der Waals surface area contributed by atoms with Gasteiger partial charge in [-0.05, 0) is 12.1 Å². The number of aromatic carboxylic acids is 1. The van der Waals surface area contributed by atoms with Crippen molar-refractivity contribution in [3.8, 4) is 0 Å². The number of thiazole rings is 1. The summed E-state index contributed by atoms with van der Waals surface area (Å²) >= 11 is 1.02. The molecule has 0 saturated carbocycles. The van der Waals surface area contributed by atoms with Crippen molar-refractivity contribution in [3.63, 3.8) is 0 Å². The predicted molar refractivity (Wildman–Crippen MR) is 68.5 cm³/mol. The van der Waals surface area contributed by atoms with E-state index in [1.54, 1.807) is 14.0 Å². The third-order valence-corrected chi connectivity index (χ3v) is 3.31. The number of rotatable bonds is 4. The summed E-state index contributed by atoms with van der Waals surface area (Å²) < 4.78 is 0. The number of carboxylic acids is 1. The SMILES string of the molecule is Cc1nc(CNC(=O)Nc2nnn(C)n2)sc1C(=O)O. The largest absolute Gasteiger partial charge is 0.477 e. The fourth-order valence-electron chi connectivity index (χ4n) is 1.36. The summed E-state index contributed by atoms with van der Waals surface area (Å²) in [6.07, 6.45) is 0. The van der Waals surface area contributed by atoms with Crippen molar-refractivity contribution in [2.45, 2.75) is 13.5 Å². The Morgan fingerprint density at radius 1 is 1.45 bits per heavy atom. The lowest BCUT2D eigenvalue weighted by Crippen LogP contribution is -2.28. The van der Waals surface area contributed by atoms with Gasteiger partial charge >= 0.3 is 12.0 Å². The monoisotopic (exact) mass is 297 g/mol. The number of amides is 2. The van der Waals surface area contributed by atoms with Gasteiger partial charge in [0.1, 0.15) is 9.88 Å². The van der Waals surface area contributed by atoms with Crippen molar-refractivity contribution in [1.82, 2.24) is 30.5 Å². The second-order valence-corrected chi connectivity index (χ2v) is 4.82. The molecule has 0 aliphatic carbocycles. The van der Waals surface area contributed by atoms with Crippen LogP contribution in [0.3, 0.4) is 0 Å². The van der Waals surface area contributed by atoms with Crippen LogP contribution in [0.2, 0.25) is 0 Å². The Hall–Kier alpha value is -2.56. The molecule has 0 radical (unpaired) electrons. The van der Waals surface area contributed by atoms with Crippen LogP contribution in [0.4, 0.5) is 10.7 Å². The van der Waals surface area contributed by atoms with Gasteiger partial charge < -0.3 is 10.4 Å². The fraction of sp³-hybridized carbons (Fsp3) is 0.333. The number of hydrogen-bond acceptors (Lipinski definition) is 7. The maximum Gasteiger partial charge on any atom is 0.347 e. The molecule has 0 aliphatic heterocycles. The van der Waals surface area contributed by atoms with Crippen LogP contribution in [0.15, 0.2) is 0 Å². The van der Waals surface area contributed by atoms with Gasteiger partial charge in [0.15, 0.2) is 0 Å². The van der Waals surface area contributed by atoms with Gasteiger partial charge in [0.25, 0.3) is 5.95 Å². The topological polar surface area (TPSA) is 135 Å². The zero-order chi connectivity index (χ0) is 14.7. The molecule has 0 aromatic carbocycles. The van der Waals surface area contributed by atoms with Crippen molar-refractivity contribution >= 4 is 29.3 Å². The summed E-state index contributed by atoms with van der Waals surface area (Å²) in [4.78, 5) is 27.8. The van der Waals surface area contributed by atoms with E-state index in [0.29, 0.717) is 10.7 Å². The lowest BCUT2D eigenvalue weighted by Gasteiger charge is -2.01. The Kier molecular flexibility index (Phi) is 3.89. The second-order valence-electron chi connectivity index (χ2n) is 3.74. The van der Waals surface area contributed by atoms with Crippen molar-refractivity contribution in [2.24, 2.45) is 7.05 Å². The number of nitrogens with zero attached hydrogens (tertiary/aromatic N) is 5. The number of urea groups is 1. The molecule has 106 valence electrons. The summed E-state index contributed by atoms with van der Waals surface area (Å²) in [6, 6.07) is -0.525. The molecule has 0 aliphatic rings. The number of nitrogens with one attached hydrogen (secondary N) is 2. The number of tetrazole rings is 1. The van der Waals surface area contributed by atoms with Gasteiger partial charge in [-0.2, -0.15) is 4.80 Å². The van der Waals surface area contributed by atoms with Crippen LogP contribution in [0, 0.1) is 6.92 Å². The lowest BCUT2D eigenvalue weighted by atomic mass is 10.4. The van der Waals surface area contributed by atoms with E-state index in [1.165, 1.54) is 4.80 Å². The molecule has 0 spiro atoms. The van der Waals surface area contributed by atoms with Gasteiger partial charge in [-0.15, -0.1) is 16.4 Å². The maximum atomic E-state index is 11.5. The van der Waals surface area contributed by atoms with E-state index in [2.05, 4.69) is 31.0 Å². The normalized spacial score (nSPS) is 10.3. The van der Waals surface area contributed by atoms with E-state index in [0.717, 1.165) is 11.3 Å². The number of hydrogen-bond donors (Lipinski definition) is 3. The predicted octanol–water partition coefficient (Wildman–Crippen LogP) is -0.00508. The van der Waals surface area contributed by atoms with Crippen molar-refractivity contribution in [3.05, 3.63) is 15.6 Å². The number of carboxylic acid groups (broad SMARTS) is 1. The molecule has 0 saturated heterocycles. The van der Waals surface area contributed by atoms with Crippen LogP contribution in [-0.2, 0) is 13.6 Å². The lowest BCUT2D eigenvalue weighted by molar-refractivity contribution is 0.0701. The van der Waals surface area contributed by atoms with E-state index in [1.807, 2.05) is 0 Å². The number of aromatic nitrogens is 5. The van der Waals surface area contributed by atoms with E-state index in [9.17, 15) is 9.59 Å². The third-order valence-electron chi connectivity index (χ3n) is 2.17. The summed E-state index contributed by atoms with van der Waals surface area (Å²) in [5.41, 5.74) is 0.426. The molecule has 2 rings (SSSR count). The van der Waals surface area contributed by atoms with Crippen LogP contribution in [-0.4, -0.2) is 42.3 Å². The Morgan fingerprint density at radius 3 is 2.75 bits per heavy atom. The van der Waals surface area contributed by atoms with Gasteiger partial charge in [-0.25, -0.2) is 14.6 Å². The van der Waals surface area contributed by atoms with E-state index in [4.69, 9.17) is 5.11 Å². The Balaban J connectivity index is 1.90. The molecular formula is C9H11N7O3S. The van der Waals surface area contributed by atoms with Crippen LogP contribution in [0.5, 0.6) is 0 Å². The number of carbonyl (C=O) groups excluding carboxylic acids is 1. The molecule has 10 nitrogen and oxygen atoms in total. The molecule has 11 heteroatoms. The van der Waals surface area contributed by atoms with Crippen LogP contribution < -0.4 is 10.6 Å². The summed E-state index contributed by atoms with van der Waals surface area (Å²) in [5.74, 6) is -0.953. The zero-order valence-corrected chi connectivity index (χ0v) is 11.4. The number of anilines is 1. The minimum absolute atomic E-state index is 0.0755. The highest BCUT2D eigenvalue weighted by Gasteiger charge is 2.14. The first kappa shape index (κ1) is 13.9. The van der Waals surface area contributed by atoms with Crippen LogP contribution >= 0.6 is 11.3 Å². The van der Waals surface area contributed by atoms with E-state index in [-0.39, 0.29) is 17.4 Å². The molecule has 0 bridgehead atoms. The fourth-order valence-corrected chi connectivity index (χ4v) is 2.21. The van der Waals surface area contributed by atoms with Gasteiger partial charge in [0.2, 0.25) is 0 Å². The average molecular weight is 297 g/mol. The van der Waals surface area contributed by atoms with Gasteiger partial charge in [0, 0.05) is 0 Å². The quantitative estimate of drug-likeness (QED) is 0.722. The minimum atomic E-state index is -1.03. The molecular weight excluding hydrogens is 286 g/mol. The molecule has 2 heterocycles. The number of aryl methyl sites for hydroxylation is 2. The molecule has 0 fully saturated rings. The molecule has 3 N–H and O–H groups in total. The minimum Gasteiger partial charge on any atom is -0.477 e. The van der Waals surface area contributed by atoms with Crippen LogP contribution in [0.1, 0.15) is 20.4 Å². The maximum absolute atomic E-state index is 11.5. The van der Waals surface area contributed by atoms with Gasteiger partial charge in [0.05, 0.1) is 19.3 Å². The highest BCUT2D eigenvalue weighted by Crippen LogP contribution is 2.17. The van der Waals surface area contributed by atoms with E-state index < -0.39 is 12.0 Å². The van der Waals surface area contributed by atoms with Crippen LogP contribution in [0.25, 0.3) is 0 Å². The van der Waals surface area contributed by atoms with Crippen molar-refractivity contribution < 1.29 is 14.7 Å². The molecule has 0 atom stereocenters. The van der Waals surface area contributed by atoms with Crippen molar-refractivity contribution in [2.75, 3.05) is 5.32 Å². The molecule has 0 unspecified atom stereocenters. The smallest absolute Gasteiger partial charge is 0.347 e. The Labute approximate surface area is 116 Å². The second kappa shape index (κ2) is 5.61. The van der Waals surface area contributed by atoms with Gasteiger partial charge in [-0.1, -0.05) is 5.10 Å². The Bertz CT molecular complexity index is 650. The molecule has 2 aromatic heterocycles. The molecule has 20 heavy (non-hydrogen) atoms. The molecule has 2 aromatic rings. The third kappa shape index (κ3) is 3.26. The highest BCUT2D eigenvalue weighted by atomic mass is 32.1. The Morgan fingerprint density at radius 2 is 2.20 bits per heavy atom. The summed E-state index contributed by atoms with van der Waals surface area (Å²) in [6.45, 7) is 1.72. The standard InChI is InChI=1S/C9H11N7O3S/c1-4-6(7(17)18)20-5(11-4)3-10-9(19)12-8-13-15-16(2)14-8/h3H2,1-2H3,(H,17,18)(H2,10,12,14,19). The summed E-state index contributed by atoms with van der Waals surface area (Å²) in [7, 11) is 1.57. The van der Waals surface area contributed by atoms with E-state index >= 15 is 0 Å². The zero-order valence-electron chi connectivity index (χ0n) is 10.6. The number of carbonyl (C=O) groups is 2. The molecule has 2 amide bonds. The first-order chi connectivity index (χ1) is 9.45. The first-order valence-electron chi connectivity index (χ1n) is 5.44. The highest BCUT2D eigenvalue weighted by molar-refractivity contribution is 7.13. The first-order valence-corrected chi connectivity index (χ1v) is 6.26. The average Bonchev–Trinajstić information content (AvgIpc) is 2.93. The van der Waals surface area contributed by atoms with Crippen molar-refractivity contribution in [1.29, 1.82) is 0 Å². The van der Waals surface area contributed by atoms with Gasteiger partial charge in [-0.3, -0.25) is 5.32 Å².